The van der Waals surface area contributed by atoms with E-state index in [1.54, 1.807) is 20.3 Å². The Morgan fingerprint density at radius 1 is 1.13 bits per heavy atom. The molecule has 3 rings (SSSR count). The second-order valence-electron chi connectivity index (χ2n) is 5.32. The lowest BCUT2D eigenvalue weighted by molar-refractivity contribution is 0.104. The maximum atomic E-state index is 12.7. The first-order valence-corrected chi connectivity index (χ1v) is 7.55. The van der Waals surface area contributed by atoms with Crippen molar-refractivity contribution in [3.63, 3.8) is 0 Å². The fourth-order valence-corrected chi connectivity index (χ4v) is 2.79. The summed E-state index contributed by atoms with van der Waals surface area (Å²) in [5.41, 5.74) is 4.06. The number of allylic oxidation sites excluding steroid dienone is 1. The predicted molar refractivity (Wildman–Crippen MR) is 91.3 cm³/mol. The molecule has 0 aromatic heterocycles. The number of carbonyl (C=O) groups excluding carboxylic acids is 1. The Labute approximate surface area is 135 Å². The van der Waals surface area contributed by atoms with Crippen molar-refractivity contribution in [3.05, 3.63) is 58.8 Å². The van der Waals surface area contributed by atoms with Crippen LogP contribution < -0.4 is 14.8 Å². The molecule has 4 nitrogen and oxygen atoms in total. The Hall–Kier alpha value is -2.75. The minimum absolute atomic E-state index is 0.0644. The minimum Gasteiger partial charge on any atom is -0.497 e. The number of Topliss-reactive ketones (excluding diaryl/α,β-unsaturated/α-hetero) is 1. The van der Waals surface area contributed by atoms with E-state index in [0.29, 0.717) is 28.4 Å². The summed E-state index contributed by atoms with van der Waals surface area (Å²) in [5.74, 6) is 1.10. The lowest BCUT2D eigenvalue weighted by Crippen LogP contribution is -2.01. The number of aryl methyl sites for hydroxylation is 1. The molecule has 0 saturated carbocycles. The van der Waals surface area contributed by atoms with Gasteiger partial charge >= 0.3 is 0 Å². The molecular weight excluding hydrogens is 290 g/mol. The van der Waals surface area contributed by atoms with Gasteiger partial charge in [-0.3, -0.25) is 4.79 Å². The van der Waals surface area contributed by atoms with Gasteiger partial charge in [0, 0.05) is 12.1 Å². The fourth-order valence-electron chi connectivity index (χ4n) is 2.79. The molecule has 0 radical (unpaired) electrons. The van der Waals surface area contributed by atoms with Crippen LogP contribution in [0.2, 0.25) is 0 Å². The first-order chi connectivity index (χ1) is 11.2. The summed E-state index contributed by atoms with van der Waals surface area (Å²) in [6, 6.07) is 11.6. The number of rotatable bonds is 4. The van der Waals surface area contributed by atoms with Gasteiger partial charge in [-0.1, -0.05) is 31.2 Å². The molecule has 23 heavy (non-hydrogen) atoms. The van der Waals surface area contributed by atoms with Crippen LogP contribution in [0.15, 0.2) is 42.1 Å². The lowest BCUT2D eigenvalue weighted by atomic mass is 10.0. The third kappa shape index (κ3) is 2.68. The zero-order valence-corrected chi connectivity index (χ0v) is 13.5. The van der Waals surface area contributed by atoms with Crippen molar-refractivity contribution < 1.29 is 14.3 Å². The summed E-state index contributed by atoms with van der Waals surface area (Å²) in [5, 5.41) is 3.19. The van der Waals surface area contributed by atoms with E-state index >= 15 is 0 Å². The molecule has 0 bridgehead atoms. The van der Waals surface area contributed by atoms with E-state index in [1.807, 2.05) is 30.3 Å². The van der Waals surface area contributed by atoms with E-state index in [9.17, 15) is 4.79 Å². The van der Waals surface area contributed by atoms with Gasteiger partial charge in [0.15, 0.2) is 0 Å². The van der Waals surface area contributed by atoms with E-state index < -0.39 is 0 Å². The Morgan fingerprint density at radius 3 is 2.61 bits per heavy atom. The first kappa shape index (κ1) is 15.2. The van der Waals surface area contributed by atoms with Crippen molar-refractivity contribution >= 4 is 17.5 Å². The number of methoxy groups -OCH3 is 2. The van der Waals surface area contributed by atoms with Gasteiger partial charge in [0.2, 0.25) is 5.78 Å². The summed E-state index contributed by atoms with van der Waals surface area (Å²) in [4.78, 5) is 12.7. The number of ketones is 1. The Bertz CT molecular complexity index is 793. The number of anilines is 1. The molecule has 0 atom stereocenters. The summed E-state index contributed by atoms with van der Waals surface area (Å²) in [6.07, 6.45) is 2.81. The highest BCUT2D eigenvalue weighted by atomic mass is 16.5. The molecule has 0 amide bonds. The van der Waals surface area contributed by atoms with Gasteiger partial charge < -0.3 is 14.8 Å². The van der Waals surface area contributed by atoms with Crippen molar-refractivity contribution in [1.29, 1.82) is 0 Å². The van der Waals surface area contributed by atoms with E-state index in [-0.39, 0.29) is 5.78 Å². The number of benzene rings is 2. The largest absolute Gasteiger partial charge is 0.497 e. The molecule has 0 saturated heterocycles. The highest BCUT2D eigenvalue weighted by molar-refractivity contribution is 6.22. The third-order valence-electron chi connectivity index (χ3n) is 4.01. The molecule has 2 aromatic rings. The van der Waals surface area contributed by atoms with Crippen LogP contribution >= 0.6 is 0 Å². The van der Waals surface area contributed by atoms with Gasteiger partial charge in [0.25, 0.3) is 0 Å². The summed E-state index contributed by atoms with van der Waals surface area (Å²) >= 11 is 0. The topological polar surface area (TPSA) is 47.6 Å². The first-order valence-electron chi connectivity index (χ1n) is 7.55. The van der Waals surface area contributed by atoms with Crippen LogP contribution in [0, 0.1) is 0 Å². The molecule has 1 aliphatic heterocycles. The molecule has 1 aliphatic rings. The zero-order chi connectivity index (χ0) is 16.4. The van der Waals surface area contributed by atoms with Crippen LogP contribution in [-0.2, 0) is 6.42 Å². The van der Waals surface area contributed by atoms with Crippen molar-refractivity contribution in [1.82, 2.24) is 0 Å². The number of fused-ring (bicyclic) bond motifs is 1. The van der Waals surface area contributed by atoms with E-state index in [0.717, 1.165) is 12.0 Å². The fraction of sp³-hybridized carbons (Fsp3) is 0.211. The molecular formula is C19H19NO3. The molecule has 118 valence electrons. The predicted octanol–water partition coefficient (Wildman–Crippen LogP) is 3.92. The summed E-state index contributed by atoms with van der Waals surface area (Å²) < 4.78 is 10.6. The Kier molecular flexibility index (Phi) is 4.06. The van der Waals surface area contributed by atoms with Crippen molar-refractivity contribution in [2.45, 2.75) is 13.3 Å². The number of carbonyl (C=O) groups is 1. The monoisotopic (exact) mass is 309 g/mol. The van der Waals surface area contributed by atoms with Gasteiger partial charge in [-0.15, -0.1) is 0 Å². The van der Waals surface area contributed by atoms with Gasteiger partial charge in [-0.2, -0.15) is 0 Å². The van der Waals surface area contributed by atoms with Crippen LogP contribution in [0.4, 0.5) is 5.69 Å². The number of ether oxygens (including phenoxy) is 2. The van der Waals surface area contributed by atoms with Crippen molar-refractivity contribution in [2.75, 3.05) is 19.5 Å². The van der Waals surface area contributed by atoms with E-state index in [4.69, 9.17) is 9.47 Å². The van der Waals surface area contributed by atoms with Gasteiger partial charge in [-0.25, -0.2) is 0 Å². The smallest absolute Gasteiger partial charge is 0.215 e. The molecule has 0 spiro atoms. The normalized spacial score (nSPS) is 14.6. The zero-order valence-electron chi connectivity index (χ0n) is 13.5. The van der Waals surface area contributed by atoms with Crippen LogP contribution in [0.3, 0.4) is 0 Å². The Morgan fingerprint density at radius 2 is 1.91 bits per heavy atom. The van der Waals surface area contributed by atoms with Crippen molar-refractivity contribution in [3.8, 4) is 11.5 Å². The highest BCUT2D eigenvalue weighted by Crippen LogP contribution is 2.39. The van der Waals surface area contributed by atoms with E-state index in [1.165, 1.54) is 5.56 Å². The number of hydrogen-bond acceptors (Lipinski definition) is 4. The maximum absolute atomic E-state index is 12.7. The minimum atomic E-state index is -0.0644. The van der Waals surface area contributed by atoms with Gasteiger partial charge in [-0.05, 0) is 23.6 Å². The van der Waals surface area contributed by atoms with Crippen LogP contribution in [0.5, 0.6) is 11.5 Å². The molecule has 2 aromatic carbocycles. The SMILES string of the molecule is CCc1ccccc1/C=C1\Nc2cc(OC)cc(OC)c2C1=O. The standard InChI is InChI=1S/C19H19NO3/c1-4-12-7-5-6-8-13(12)9-16-19(21)18-15(20-16)10-14(22-2)11-17(18)23-3/h5-11,20H,4H2,1-3H3/b16-9-. The molecule has 0 aliphatic carbocycles. The number of nitrogens with one attached hydrogen (secondary N) is 1. The average Bonchev–Trinajstić information content (AvgIpc) is 2.90. The van der Waals surface area contributed by atoms with Gasteiger partial charge in [0.05, 0.1) is 31.2 Å². The summed E-state index contributed by atoms with van der Waals surface area (Å²) in [7, 11) is 3.14. The quantitative estimate of drug-likeness (QED) is 0.870. The van der Waals surface area contributed by atoms with Crippen molar-refractivity contribution in [2.24, 2.45) is 0 Å². The lowest BCUT2D eigenvalue weighted by Gasteiger charge is -2.08. The summed E-state index contributed by atoms with van der Waals surface area (Å²) in [6.45, 7) is 2.10. The second kappa shape index (κ2) is 6.16. The Balaban J connectivity index is 2.05. The van der Waals surface area contributed by atoms with Gasteiger partial charge in [0.1, 0.15) is 11.5 Å². The maximum Gasteiger partial charge on any atom is 0.215 e. The molecule has 4 heteroatoms. The van der Waals surface area contributed by atoms with Crippen LogP contribution in [0.25, 0.3) is 6.08 Å². The third-order valence-corrected chi connectivity index (χ3v) is 4.01. The highest BCUT2D eigenvalue weighted by Gasteiger charge is 2.29. The van der Waals surface area contributed by atoms with Crippen LogP contribution in [0.1, 0.15) is 28.4 Å². The number of hydrogen-bond donors (Lipinski definition) is 1. The van der Waals surface area contributed by atoms with Crippen LogP contribution in [-0.4, -0.2) is 20.0 Å². The molecule has 0 unspecified atom stereocenters. The molecule has 1 heterocycles. The molecule has 0 fully saturated rings. The second-order valence-corrected chi connectivity index (χ2v) is 5.32. The average molecular weight is 309 g/mol. The van der Waals surface area contributed by atoms with E-state index in [2.05, 4.69) is 18.3 Å². The molecule has 1 N–H and O–H groups in total.